The zero-order valence-electron chi connectivity index (χ0n) is 7.50. The van der Waals surface area contributed by atoms with E-state index in [0.717, 1.165) is 10.2 Å². The molecule has 3 nitrogen and oxygen atoms in total. The third-order valence-electron chi connectivity index (χ3n) is 1.73. The van der Waals surface area contributed by atoms with E-state index in [-0.39, 0.29) is 6.61 Å². The molecule has 0 spiro atoms. The normalized spacial score (nSPS) is 15.4. The Kier molecular flexibility index (Phi) is 3.41. The SMILES string of the molecule is CC(N)(CO)Cc1ccc(Br)cn1. The molecule has 0 aromatic carbocycles. The van der Waals surface area contributed by atoms with Crippen molar-refractivity contribution in [3.8, 4) is 0 Å². The lowest BCUT2D eigenvalue weighted by Crippen LogP contribution is -2.42. The van der Waals surface area contributed by atoms with Gasteiger partial charge in [0, 0.05) is 28.3 Å². The minimum Gasteiger partial charge on any atom is -0.394 e. The van der Waals surface area contributed by atoms with Gasteiger partial charge in [0.2, 0.25) is 0 Å². The zero-order valence-corrected chi connectivity index (χ0v) is 9.08. The first kappa shape index (κ1) is 10.6. The molecule has 0 radical (unpaired) electrons. The monoisotopic (exact) mass is 244 g/mol. The van der Waals surface area contributed by atoms with Crippen molar-refractivity contribution in [2.24, 2.45) is 5.73 Å². The standard InChI is InChI=1S/C9H13BrN2O/c1-9(11,6-13)4-8-3-2-7(10)5-12-8/h2-3,5,13H,4,6,11H2,1H3. The predicted molar refractivity (Wildman–Crippen MR) is 55.3 cm³/mol. The Hall–Kier alpha value is -0.450. The highest BCUT2D eigenvalue weighted by molar-refractivity contribution is 9.10. The van der Waals surface area contributed by atoms with Gasteiger partial charge in [0.15, 0.2) is 0 Å². The first-order valence-corrected chi connectivity index (χ1v) is 4.83. The van der Waals surface area contributed by atoms with Crippen LogP contribution in [0.2, 0.25) is 0 Å². The lowest BCUT2D eigenvalue weighted by Gasteiger charge is -2.20. The third-order valence-corrected chi connectivity index (χ3v) is 2.20. The summed E-state index contributed by atoms with van der Waals surface area (Å²) in [5, 5.41) is 8.95. The Labute approximate surface area is 86.1 Å². The van der Waals surface area contributed by atoms with Crippen LogP contribution < -0.4 is 5.73 Å². The van der Waals surface area contributed by atoms with E-state index in [0.29, 0.717) is 6.42 Å². The molecular weight excluding hydrogens is 232 g/mol. The summed E-state index contributed by atoms with van der Waals surface area (Å²) in [7, 11) is 0. The van der Waals surface area contributed by atoms with Crippen molar-refractivity contribution in [2.75, 3.05) is 6.61 Å². The van der Waals surface area contributed by atoms with Gasteiger partial charge in [-0.25, -0.2) is 0 Å². The fraction of sp³-hybridized carbons (Fsp3) is 0.444. The van der Waals surface area contributed by atoms with E-state index in [1.807, 2.05) is 12.1 Å². The van der Waals surface area contributed by atoms with Crippen molar-refractivity contribution < 1.29 is 5.11 Å². The second-order valence-electron chi connectivity index (χ2n) is 3.46. The van der Waals surface area contributed by atoms with Crippen LogP contribution in [0.3, 0.4) is 0 Å². The first-order valence-electron chi connectivity index (χ1n) is 4.04. The smallest absolute Gasteiger partial charge is 0.0612 e. The summed E-state index contributed by atoms with van der Waals surface area (Å²) in [5.74, 6) is 0. The maximum atomic E-state index is 8.95. The fourth-order valence-electron chi connectivity index (χ4n) is 0.981. The molecule has 0 aliphatic carbocycles. The van der Waals surface area contributed by atoms with Crippen LogP contribution in [0.1, 0.15) is 12.6 Å². The number of aliphatic hydroxyl groups excluding tert-OH is 1. The summed E-state index contributed by atoms with van der Waals surface area (Å²) in [4.78, 5) is 4.17. The van der Waals surface area contributed by atoms with Crippen LogP contribution in [0.5, 0.6) is 0 Å². The molecule has 1 aromatic rings. The topological polar surface area (TPSA) is 59.1 Å². The van der Waals surface area contributed by atoms with Gasteiger partial charge in [-0.2, -0.15) is 0 Å². The van der Waals surface area contributed by atoms with E-state index in [1.54, 1.807) is 13.1 Å². The van der Waals surface area contributed by atoms with Crippen molar-refractivity contribution in [2.45, 2.75) is 18.9 Å². The molecule has 0 saturated heterocycles. The van der Waals surface area contributed by atoms with Crippen LogP contribution in [0.4, 0.5) is 0 Å². The molecule has 0 fully saturated rings. The van der Waals surface area contributed by atoms with Crippen molar-refractivity contribution in [1.29, 1.82) is 0 Å². The largest absolute Gasteiger partial charge is 0.394 e. The molecule has 0 bridgehead atoms. The molecular formula is C9H13BrN2O. The van der Waals surface area contributed by atoms with E-state index < -0.39 is 5.54 Å². The number of pyridine rings is 1. The lowest BCUT2D eigenvalue weighted by atomic mass is 9.98. The van der Waals surface area contributed by atoms with Gasteiger partial charge in [0.05, 0.1) is 6.61 Å². The van der Waals surface area contributed by atoms with Crippen LogP contribution in [-0.4, -0.2) is 22.2 Å². The molecule has 0 aliphatic heterocycles. The molecule has 1 heterocycles. The van der Waals surface area contributed by atoms with Gasteiger partial charge < -0.3 is 10.8 Å². The Morgan fingerprint density at radius 1 is 1.62 bits per heavy atom. The van der Waals surface area contributed by atoms with Crippen molar-refractivity contribution in [3.63, 3.8) is 0 Å². The quantitative estimate of drug-likeness (QED) is 0.838. The molecule has 1 aromatic heterocycles. The van der Waals surface area contributed by atoms with Crippen LogP contribution >= 0.6 is 15.9 Å². The minimum atomic E-state index is -0.583. The molecule has 3 N–H and O–H groups in total. The third kappa shape index (κ3) is 3.42. The van der Waals surface area contributed by atoms with Crippen LogP contribution in [-0.2, 0) is 6.42 Å². The van der Waals surface area contributed by atoms with Gasteiger partial charge in [-0.1, -0.05) is 0 Å². The van der Waals surface area contributed by atoms with Gasteiger partial charge >= 0.3 is 0 Å². The molecule has 0 amide bonds. The number of hydrogen-bond acceptors (Lipinski definition) is 3. The average Bonchev–Trinajstić information content (AvgIpc) is 2.09. The number of aliphatic hydroxyl groups is 1. The highest BCUT2D eigenvalue weighted by Gasteiger charge is 2.17. The van der Waals surface area contributed by atoms with Crippen molar-refractivity contribution in [1.82, 2.24) is 4.98 Å². The van der Waals surface area contributed by atoms with Gasteiger partial charge in [0.25, 0.3) is 0 Å². The molecule has 1 atom stereocenters. The van der Waals surface area contributed by atoms with Crippen LogP contribution in [0.15, 0.2) is 22.8 Å². The average molecular weight is 245 g/mol. The molecule has 0 aliphatic rings. The zero-order chi connectivity index (χ0) is 9.90. The molecule has 4 heteroatoms. The fourth-order valence-corrected chi connectivity index (χ4v) is 1.22. The minimum absolute atomic E-state index is 0.0370. The number of nitrogens with zero attached hydrogens (tertiary/aromatic N) is 1. The maximum absolute atomic E-state index is 8.95. The molecule has 1 rings (SSSR count). The highest BCUT2D eigenvalue weighted by atomic mass is 79.9. The van der Waals surface area contributed by atoms with Crippen molar-refractivity contribution >= 4 is 15.9 Å². The molecule has 72 valence electrons. The van der Waals surface area contributed by atoms with Crippen LogP contribution in [0, 0.1) is 0 Å². The predicted octanol–water partition coefficient (Wildman–Crippen LogP) is 1.10. The van der Waals surface area contributed by atoms with E-state index in [9.17, 15) is 0 Å². The summed E-state index contributed by atoms with van der Waals surface area (Å²) in [6, 6.07) is 3.81. The highest BCUT2D eigenvalue weighted by Crippen LogP contribution is 2.11. The Morgan fingerprint density at radius 3 is 2.77 bits per heavy atom. The molecule has 0 saturated carbocycles. The van der Waals surface area contributed by atoms with E-state index in [1.165, 1.54) is 0 Å². The molecule has 13 heavy (non-hydrogen) atoms. The number of aromatic nitrogens is 1. The second kappa shape index (κ2) is 4.17. The number of halogens is 1. The van der Waals surface area contributed by atoms with Gasteiger partial charge in [-0.15, -0.1) is 0 Å². The van der Waals surface area contributed by atoms with Crippen LogP contribution in [0.25, 0.3) is 0 Å². The van der Waals surface area contributed by atoms with E-state index in [2.05, 4.69) is 20.9 Å². The Balaban J connectivity index is 2.69. The maximum Gasteiger partial charge on any atom is 0.0612 e. The van der Waals surface area contributed by atoms with Gasteiger partial charge in [-0.05, 0) is 35.0 Å². The summed E-state index contributed by atoms with van der Waals surface area (Å²) in [5.41, 5.74) is 6.09. The summed E-state index contributed by atoms with van der Waals surface area (Å²) in [6.07, 6.45) is 2.31. The first-order chi connectivity index (χ1) is 6.03. The van der Waals surface area contributed by atoms with Gasteiger partial charge in [0.1, 0.15) is 0 Å². The Morgan fingerprint density at radius 2 is 2.31 bits per heavy atom. The van der Waals surface area contributed by atoms with Crippen molar-refractivity contribution in [3.05, 3.63) is 28.5 Å². The number of hydrogen-bond donors (Lipinski definition) is 2. The number of nitrogens with two attached hydrogens (primary N) is 1. The van der Waals surface area contributed by atoms with E-state index >= 15 is 0 Å². The molecule has 1 unspecified atom stereocenters. The lowest BCUT2D eigenvalue weighted by molar-refractivity contribution is 0.207. The van der Waals surface area contributed by atoms with E-state index in [4.69, 9.17) is 10.8 Å². The summed E-state index contributed by atoms with van der Waals surface area (Å²) >= 11 is 3.30. The second-order valence-corrected chi connectivity index (χ2v) is 4.37. The van der Waals surface area contributed by atoms with Gasteiger partial charge in [-0.3, -0.25) is 4.98 Å². The summed E-state index contributed by atoms with van der Waals surface area (Å²) < 4.78 is 0.943. The number of rotatable bonds is 3. The Bertz CT molecular complexity index is 271. The summed E-state index contributed by atoms with van der Waals surface area (Å²) in [6.45, 7) is 1.77.